The molecule has 32 heavy (non-hydrogen) atoms. The Morgan fingerprint density at radius 3 is 2.81 bits per heavy atom. The summed E-state index contributed by atoms with van der Waals surface area (Å²) < 4.78 is 11.1. The van der Waals surface area contributed by atoms with Gasteiger partial charge in [-0.05, 0) is 38.0 Å². The van der Waals surface area contributed by atoms with Gasteiger partial charge in [-0.3, -0.25) is 14.5 Å². The first-order valence-corrected chi connectivity index (χ1v) is 11.5. The van der Waals surface area contributed by atoms with Crippen molar-refractivity contribution in [3.05, 3.63) is 55.9 Å². The normalized spacial score (nSPS) is 14.6. The number of nitrogens with one attached hydrogen (secondary N) is 2. The summed E-state index contributed by atoms with van der Waals surface area (Å²) in [5.41, 5.74) is 2.70. The van der Waals surface area contributed by atoms with E-state index in [-0.39, 0.29) is 11.5 Å². The molecule has 1 saturated heterocycles. The summed E-state index contributed by atoms with van der Waals surface area (Å²) >= 11 is 1.25. The van der Waals surface area contributed by atoms with Gasteiger partial charge in [0.15, 0.2) is 0 Å². The van der Waals surface area contributed by atoms with E-state index in [9.17, 15) is 9.59 Å². The third-order valence-electron chi connectivity index (χ3n) is 5.51. The number of aromatic nitrogens is 2. The van der Waals surface area contributed by atoms with Gasteiger partial charge in [0.2, 0.25) is 0 Å². The molecule has 2 N–H and O–H groups in total. The highest BCUT2D eigenvalue weighted by Gasteiger charge is 2.20. The number of hydrogen-bond donors (Lipinski definition) is 2. The van der Waals surface area contributed by atoms with Crippen LogP contribution in [0.15, 0.2) is 23.0 Å². The lowest BCUT2D eigenvalue weighted by atomic mass is 10.1. The van der Waals surface area contributed by atoms with Crippen molar-refractivity contribution in [2.75, 3.05) is 39.5 Å². The van der Waals surface area contributed by atoms with Crippen molar-refractivity contribution < 1.29 is 14.3 Å². The SMILES string of the molecule is Cc1ccc(OCCNC(=O)c2sc3nc(CN4CCOCC4)[nH]c(=O)c3c2C)c(C)c1. The van der Waals surface area contributed by atoms with Crippen LogP contribution in [0.2, 0.25) is 0 Å². The van der Waals surface area contributed by atoms with Gasteiger partial charge in [-0.15, -0.1) is 11.3 Å². The minimum Gasteiger partial charge on any atom is -0.491 e. The number of aromatic amines is 1. The Kier molecular flexibility index (Phi) is 6.88. The maximum absolute atomic E-state index is 12.8. The van der Waals surface area contributed by atoms with Crippen molar-refractivity contribution >= 4 is 27.5 Å². The van der Waals surface area contributed by atoms with E-state index in [1.807, 2.05) is 26.0 Å². The first-order valence-electron chi connectivity index (χ1n) is 10.7. The summed E-state index contributed by atoms with van der Waals surface area (Å²) in [5.74, 6) is 1.20. The zero-order valence-corrected chi connectivity index (χ0v) is 19.4. The lowest BCUT2D eigenvalue weighted by Gasteiger charge is -2.25. The number of morpholine rings is 1. The van der Waals surface area contributed by atoms with E-state index in [1.54, 1.807) is 6.92 Å². The molecule has 170 valence electrons. The number of fused-ring (bicyclic) bond motifs is 1. The van der Waals surface area contributed by atoms with Gasteiger partial charge in [0.05, 0.1) is 36.6 Å². The molecule has 0 unspecified atom stereocenters. The first kappa shape index (κ1) is 22.4. The van der Waals surface area contributed by atoms with Gasteiger partial charge < -0.3 is 19.8 Å². The molecule has 1 aromatic carbocycles. The molecule has 2 aromatic heterocycles. The maximum atomic E-state index is 12.8. The van der Waals surface area contributed by atoms with Gasteiger partial charge in [0, 0.05) is 13.1 Å². The van der Waals surface area contributed by atoms with Gasteiger partial charge in [0.25, 0.3) is 11.5 Å². The number of nitrogens with zero attached hydrogens (tertiary/aromatic N) is 2. The molecule has 3 aromatic rings. The monoisotopic (exact) mass is 456 g/mol. The van der Waals surface area contributed by atoms with Crippen molar-refractivity contribution in [3.8, 4) is 5.75 Å². The highest BCUT2D eigenvalue weighted by molar-refractivity contribution is 7.20. The second kappa shape index (κ2) is 9.81. The van der Waals surface area contributed by atoms with Crippen LogP contribution in [0.25, 0.3) is 10.2 Å². The Morgan fingerprint density at radius 1 is 1.28 bits per heavy atom. The minimum absolute atomic E-state index is 0.204. The van der Waals surface area contributed by atoms with Crippen LogP contribution in [-0.2, 0) is 11.3 Å². The number of hydrogen-bond acceptors (Lipinski definition) is 7. The molecule has 0 radical (unpaired) electrons. The third-order valence-corrected chi connectivity index (χ3v) is 6.69. The van der Waals surface area contributed by atoms with Crippen molar-refractivity contribution in [3.63, 3.8) is 0 Å². The second-order valence-electron chi connectivity index (χ2n) is 8.01. The van der Waals surface area contributed by atoms with E-state index < -0.39 is 0 Å². The van der Waals surface area contributed by atoms with Crippen LogP contribution in [-0.4, -0.2) is 60.2 Å². The van der Waals surface area contributed by atoms with Gasteiger partial charge in [-0.2, -0.15) is 0 Å². The number of carbonyl (C=O) groups excluding carboxylic acids is 1. The molecule has 1 aliphatic rings. The standard InChI is InChI=1S/C23H28N4O4S/c1-14-4-5-17(15(2)12-14)31-9-6-24-22(29)20-16(3)19-21(28)25-18(26-23(19)32-20)13-27-7-10-30-11-8-27/h4-5,12H,6-11,13H2,1-3H3,(H,24,29)(H,25,26,28). The Hall–Kier alpha value is -2.75. The van der Waals surface area contributed by atoms with Crippen LogP contribution in [0.3, 0.4) is 0 Å². The van der Waals surface area contributed by atoms with E-state index in [4.69, 9.17) is 9.47 Å². The van der Waals surface area contributed by atoms with Crippen LogP contribution in [0.1, 0.15) is 32.2 Å². The lowest BCUT2D eigenvalue weighted by Crippen LogP contribution is -2.36. The number of thiophene rings is 1. The lowest BCUT2D eigenvalue weighted by molar-refractivity contribution is 0.0331. The van der Waals surface area contributed by atoms with Crippen molar-refractivity contribution in [2.45, 2.75) is 27.3 Å². The molecule has 3 heterocycles. The molecule has 1 aliphatic heterocycles. The van der Waals surface area contributed by atoms with E-state index in [0.717, 1.165) is 24.4 Å². The molecule has 0 spiro atoms. The number of carbonyl (C=O) groups is 1. The Bertz CT molecular complexity index is 1180. The summed E-state index contributed by atoms with van der Waals surface area (Å²) in [7, 11) is 0. The summed E-state index contributed by atoms with van der Waals surface area (Å²) in [4.78, 5) is 36.2. The summed E-state index contributed by atoms with van der Waals surface area (Å²) in [6, 6.07) is 6.00. The number of ether oxygens (including phenoxy) is 2. The molecule has 4 rings (SSSR count). The Balaban J connectivity index is 1.41. The average molecular weight is 457 g/mol. The molecule has 0 atom stereocenters. The fourth-order valence-electron chi connectivity index (χ4n) is 3.82. The highest BCUT2D eigenvalue weighted by atomic mass is 32.1. The van der Waals surface area contributed by atoms with Crippen LogP contribution >= 0.6 is 11.3 Å². The predicted molar refractivity (Wildman–Crippen MR) is 125 cm³/mol. The van der Waals surface area contributed by atoms with E-state index in [2.05, 4.69) is 26.3 Å². The van der Waals surface area contributed by atoms with Gasteiger partial charge in [-0.1, -0.05) is 17.7 Å². The fourth-order valence-corrected chi connectivity index (χ4v) is 4.94. The van der Waals surface area contributed by atoms with Crippen molar-refractivity contribution in [2.24, 2.45) is 0 Å². The van der Waals surface area contributed by atoms with E-state index >= 15 is 0 Å². The first-order chi connectivity index (χ1) is 15.4. The zero-order valence-electron chi connectivity index (χ0n) is 18.6. The number of rotatable bonds is 7. The van der Waals surface area contributed by atoms with Crippen molar-refractivity contribution in [1.29, 1.82) is 0 Å². The quantitative estimate of drug-likeness (QED) is 0.531. The number of benzene rings is 1. The molecular formula is C23H28N4O4S. The van der Waals surface area contributed by atoms with E-state index in [0.29, 0.717) is 59.4 Å². The Labute approximate surface area is 190 Å². The predicted octanol–water partition coefficient (Wildman–Crippen LogP) is 2.55. The van der Waals surface area contributed by atoms with Gasteiger partial charge >= 0.3 is 0 Å². The zero-order chi connectivity index (χ0) is 22.7. The second-order valence-corrected chi connectivity index (χ2v) is 9.01. The molecule has 0 aliphatic carbocycles. The Morgan fingerprint density at radius 2 is 2.06 bits per heavy atom. The maximum Gasteiger partial charge on any atom is 0.261 e. The summed E-state index contributed by atoms with van der Waals surface area (Å²) in [5, 5.41) is 3.37. The number of aryl methyl sites for hydroxylation is 3. The molecule has 8 nitrogen and oxygen atoms in total. The largest absolute Gasteiger partial charge is 0.491 e. The fraction of sp³-hybridized carbons (Fsp3) is 0.435. The highest BCUT2D eigenvalue weighted by Crippen LogP contribution is 2.27. The molecule has 0 saturated carbocycles. The van der Waals surface area contributed by atoms with Crippen LogP contribution in [0, 0.1) is 20.8 Å². The van der Waals surface area contributed by atoms with Crippen LogP contribution < -0.4 is 15.6 Å². The molecule has 9 heteroatoms. The minimum atomic E-state index is -0.219. The molecule has 1 amide bonds. The number of amides is 1. The smallest absolute Gasteiger partial charge is 0.261 e. The average Bonchev–Trinajstić information content (AvgIpc) is 3.10. The van der Waals surface area contributed by atoms with Crippen LogP contribution in [0.5, 0.6) is 5.75 Å². The van der Waals surface area contributed by atoms with Gasteiger partial charge in [-0.25, -0.2) is 4.98 Å². The molecular weight excluding hydrogens is 428 g/mol. The summed E-state index contributed by atoms with van der Waals surface area (Å²) in [6.07, 6.45) is 0. The number of H-pyrrole nitrogens is 1. The van der Waals surface area contributed by atoms with E-state index in [1.165, 1.54) is 16.9 Å². The summed E-state index contributed by atoms with van der Waals surface area (Å²) in [6.45, 7) is 10.1. The molecule has 0 bridgehead atoms. The van der Waals surface area contributed by atoms with Crippen molar-refractivity contribution in [1.82, 2.24) is 20.2 Å². The third kappa shape index (κ3) is 5.01. The molecule has 1 fully saturated rings. The van der Waals surface area contributed by atoms with Crippen LogP contribution in [0.4, 0.5) is 0 Å². The van der Waals surface area contributed by atoms with Gasteiger partial charge in [0.1, 0.15) is 23.0 Å². The topological polar surface area (TPSA) is 96.5 Å².